The minimum absolute atomic E-state index is 0.00410. The second-order valence-electron chi connectivity index (χ2n) is 11.9. The molecule has 0 radical (unpaired) electrons. The Balaban J connectivity index is 1.14. The maximum atomic E-state index is 14.0. The van der Waals surface area contributed by atoms with Crippen LogP contribution in [-0.2, 0) is 16.2 Å². The number of aromatic nitrogens is 1. The molecular weight excluding hydrogens is 675 g/mol. The van der Waals surface area contributed by atoms with E-state index in [1.54, 1.807) is 55.3 Å². The summed E-state index contributed by atoms with van der Waals surface area (Å²) in [7, 11) is 1.59. The van der Waals surface area contributed by atoms with Crippen LogP contribution in [0.4, 0.5) is 5.69 Å². The second-order valence-corrected chi connectivity index (χ2v) is 15.4. The van der Waals surface area contributed by atoms with Crippen LogP contribution in [0.3, 0.4) is 0 Å². The third-order valence-corrected chi connectivity index (χ3v) is 13.2. The molecule has 1 N–H and O–H groups in total. The summed E-state index contributed by atoms with van der Waals surface area (Å²) in [6, 6.07) is 18.0. The zero-order valence-corrected chi connectivity index (χ0v) is 27.6. The lowest BCUT2D eigenvalue weighted by atomic mass is 9.68. The van der Waals surface area contributed by atoms with Crippen LogP contribution in [0.5, 0.6) is 11.5 Å². The summed E-state index contributed by atoms with van der Waals surface area (Å²) < 4.78 is 11.9. The largest absolute Gasteiger partial charge is 0.493 e. The summed E-state index contributed by atoms with van der Waals surface area (Å²) in [5.41, 5.74) is 2.33. The number of aromatic amines is 1. The smallest absolute Gasteiger partial charge is 0.305 e. The highest BCUT2D eigenvalue weighted by atomic mass is 35.5. The van der Waals surface area contributed by atoms with Gasteiger partial charge in [0.2, 0.25) is 11.8 Å². The summed E-state index contributed by atoms with van der Waals surface area (Å²) in [5.74, 6) is 0.00315. The number of rotatable bonds is 6. The number of thiazole rings is 1. The van der Waals surface area contributed by atoms with Gasteiger partial charge in [0, 0.05) is 36.7 Å². The Bertz CT molecular complexity index is 1930. The van der Waals surface area contributed by atoms with Gasteiger partial charge in [-0.3, -0.25) is 19.3 Å². The molecule has 3 heterocycles. The van der Waals surface area contributed by atoms with Crippen LogP contribution in [0.25, 0.3) is 0 Å². The van der Waals surface area contributed by atoms with Crippen molar-refractivity contribution in [2.75, 3.05) is 12.0 Å². The number of anilines is 1. The molecule has 3 aromatic carbocycles. The molecule has 45 heavy (non-hydrogen) atoms. The quantitative estimate of drug-likeness (QED) is 0.208. The number of thioether (sulfide) groups is 1. The number of H-pyrrole nitrogens is 1. The molecule has 7 atom stereocenters. The number of benzene rings is 3. The SMILES string of the molecule is COc1cc([C@@H]2c3sc(=O)[nH]c3S[C@@H]3[C@@H]4C[C@@H]([C@@H]5C(=O)N(c6ccc(Cl)cc6)C(=O)[C@@H]45)[C@@H]23)ccc1OCc1ccc(Cl)cc1Cl. The summed E-state index contributed by atoms with van der Waals surface area (Å²) in [5, 5.41) is 2.54. The molecule has 2 amide bonds. The molecule has 2 saturated carbocycles. The minimum atomic E-state index is -0.395. The number of hydrogen-bond donors (Lipinski definition) is 1. The highest BCUT2D eigenvalue weighted by Crippen LogP contribution is 2.68. The molecule has 12 heteroatoms. The van der Waals surface area contributed by atoms with Gasteiger partial charge in [-0.1, -0.05) is 58.3 Å². The van der Waals surface area contributed by atoms with Gasteiger partial charge in [-0.15, -0.1) is 11.8 Å². The molecule has 4 aromatic rings. The van der Waals surface area contributed by atoms with E-state index in [-0.39, 0.29) is 58.1 Å². The predicted octanol–water partition coefficient (Wildman–Crippen LogP) is 7.66. The number of amides is 2. The number of hydrogen-bond acceptors (Lipinski definition) is 7. The van der Waals surface area contributed by atoms with Gasteiger partial charge < -0.3 is 14.5 Å². The molecule has 7 nitrogen and oxygen atoms in total. The minimum Gasteiger partial charge on any atom is -0.493 e. The van der Waals surface area contributed by atoms with Gasteiger partial charge in [0.15, 0.2) is 11.5 Å². The van der Waals surface area contributed by atoms with Crippen LogP contribution in [0, 0.1) is 29.6 Å². The van der Waals surface area contributed by atoms with Crippen molar-refractivity contribution in [1.29, 1.82) is 0 Å². The Labute approximate surface area is 281 Å². The third-order valence-electron chi connectivity index (χ3n) is 9.75. The highest BCUT2D eigenvalue weighted by molar-refractivity contribution is 8.00. The molecule has 1 saturated heterocycles. The molecule has 2 aliphatic heterocycles. The van der Waals surface area contributed by atoms with E-state index in [0.29, 0.717) is 32.3 Å². The van der Waals surface area contributed by atoms with E-state index in [0.717, 1.165) is 27.5 Å². The van der Waals surface area contributed by atoms with Gasteiger partial charge in [0.1, 0.15) is 6.61 Å². The van der Waals surface area contributed by atoms with E-state index in [2.05, 4.69) is 4.98 Å². The fraction of sp³-hybridized carbons (Fsp3) is 0.303. The van der Waals surface area contributed by atoms with Crippen LogP contribution in [0.15, 0.2) is 70.5 Å². The molecule has 4 aliphatic rings. The molecule has 2 aliphatic carbocycles. The first kappa shape index (κ1) is 29.5. The van der Waals surface area contributed by atoms with Gasteiger partial charge in [-0.25, -0.2) is 0 Å². The van der Waals surface area contributed by atoms with E-state index in [1.165, 1.54) is 16.2 Å². The maximum absolute atomic E-state index is 14.0. The van der Waals surface area contributed by atoms with Crippen LogP contribution < -0.4 is 19.2 Å². The van der Waals surface area contributed by atoms with Crippen LogP contribution in [0.1, 0.15) is 28.3 Å². The lowest BCUT2D eigenvalue weighted by Crippen LogP contribution is -2.42. The molecule has 2 bridgehead atoms. The number of halogens is 3. The first-order chi connectivity index (χ1) is 21.7. The Kier molecular flexibility index (Phi) is 7.26. The Morgan fingerprint density at radius 3 is 2.36 bits per heavy atom. The molecular formula is C33H25Cl3N2O5S2. The number of carbonyl (C=O) groups is 2. The predicted molar refractivity (Wildman–Crippen MR) is 176 cm³/mol. The number of carbonyl (C=O) groups excluding carboxylic acids is 2. The van der Waals surface area contributed by atoms with Gasteiger partial charge in [-0.05, 0) is 78.3 Å². The molecule has 1 aromatic heterocycles. The van der Waals surface area contributed by atoms with Crippen molar-refractivity contribution in [3.05, 3.63) is 101 Å². The Morgan fingerprint density at radius 1 is 0.889 bits per heavy atom. The zero-order chi connectivity index (χ0) is 31.1. The zero-order valence-electron chi connectivity index (χ0n) is 23.7. The summed E-state index contributed by atoms with van der Waals surface area (Å²) >= 11 is 21.4. The Morgan fingerprint density at radius 2 is 1.62 bits per heavy atom. The summed E-state index contributed by atoms with van der Waals surface area (Å²) in [6.45, 7) is 0.229. The third kappa shape index (κ3) is 4.65. The lowest BCUT2D eigenvalue weighted by molar-refractivity contribution is -0.123. The summed E-state index contributed by atoms with van der Waals surface area (Å²) in [6.07, 6.45) is 0.805. The number of nitrogens with one attached hydrogen (secondary N) is 1. The average molecular weight is 700 g/mol. The van der Waals surface area contributed by atoms with Crippen LogP contribution >= 0.6 is 57.9 Å². The van der Waals surface area contributed by atoms with E-state index in [1.807, 2.05) is 24.3 Å². The van der Waals surface area contributed by atoms with Gasteiger partial charge >= 0.3 is 4.87 Å². The standard InChI is InChI=1S/C33H25Cl3N2O5S2/c1-42-23-10-14(3-9-22(23)43-13-15-2-4-17(35)11-21(15)36)24-25-19-12-20(28(25)44-30-29(24)45-33(41)37-30)27-26(19)31(39)38(32(27)40)18-7-5-16(34)6-8-18/h2-11,19-20,24-28H,12-13H2,1H3,(H,37,41)/t19-,20-,24+,25+,26+,27+,28-/m1/s1. The first-order valence-electron chi connectivity index (χ1n) is 14.5. The first-order valence-corrected chi connectivity index (χ1v) is 17.3. The second kappa shape index (κ2) is 11.1. The normalized spacial score (nSPS) is 27.8. The number of ether oxygens (including phenoxy) is 2. The van der Waals surface area contributed by atoms with Crippen molar-refractivity contribution in [2.24, 2.45) is 29.6 Å². The molecule has 0 unspecified atom stereocenters. The number of imide groups is 1. The van der Waals surface area contributed by atoms with E-state index in [9.17, 15) is 14.4 Å². The van der Waals surface area contributed by atoms with Gasteiger partial charge in [-0.2, -0.15) is 0 Å². The van der Waals surface area contributed by atoms with Crippen LogP contribution in [-0.4, -0.2) is 29.2 Å². The number of nitrogens with zero attached hydrogens (tertiary/aromatic N) is 1. The number of methoxy groups -OCH3 is 1. The van der Waals surface area contributed by atoms with Crippen molar-refractivity contribution in [2.45, 2.75) is 29.2 Å². The van der Waals surface area contributed by atoms with Gasteiger partial charge in [0.05, 0.1) is 29.7 Å². The van der Waals surface area contributed by atoms with Crippen molar-refractivity contribution < 1.29 is 19.1 Å². The van der Waals surface area contributed by atoms with Gasteiger partial charge in [0.25, 0.3) is 0 Å². The average Bonchev–Trinajstić information content (AvgIpc) is 3.76. The fourth-order valence-electron chi connectivity index (χ4n) is 8.03. The topological polar surface area (TPSA) is 88.7 Å². The molecule has 0 spiro atoms. The number of fused-ring (bicyclic) bond motifs is 9. The highest BCUT2D eigenvalue weighted by Gasteiger charge is 2.69. The van der Waals surface area contributed by atoms with E-state index in [4.69, 9.17) is 44.3 Å². The monoisotopic (exact) mass is 698 g/mol. The molecule has 230 valence electrons. The van der Waals surface area contributed by atoms with Crippen LogP contribution in [0.2, 0.25) is 15.1 Å². The maximum Gasteiger partial charge on any atom is 0.305 e. The molecule has 8 rings (SSSR count). The summed E-state index contributed by atoms with van der Waals surface area (Å²) in [4.78, 5) is 45.7. The van der Waals surface area contributed by atoms with Crippen molar-refractivity contribution >= 4 is 75.4 Å². The van der Waals surface area contributed by atoms with Crippen molar-refractivity contribution in [3.63, 3.8) is 0 Å². The fourth-order valence-corrected chi connectivity index (χ4v) is 11.5. The molecule has 3 fully saturated rings. The van der Waals surface area contributed by atoms with Crippen molar-refractivity contribution in [3.8, 4) is 11.5 Å². The van der Waals surface area contributed by atoms with Crippen molar-refractivity contribution in [1.82, 2.24) is 4.98 Å². The Hall–Kier alpha value is -2.95. The lowest BCUT2D eigenvalue weighted by Gasteiger charge is -2.43. The van der Waals surface area contributed by atoms with E-state index < -0.39 is 5.92 Å². The van der Waals surface area contributed by atoms with E-state index >= 15 is 0 Å².